The molecule has 1 N–H and O–H groups in total. The van der Waals surface area contributed by atoms with Crippen LogP contribution in [0.4, 0.5) is 0 Å². The average molecular weight is 296 g/mol. The average Bonchev–Trinajstić information content (AvgIpc) is 2.92. The number of nitrogens with zero attached hydrogens (tertiary/aromatic N) is 1. The lowest BCUT2D eigenvalue weighted by Crippen LogP contribution is -2.41. The highest BCUT2D eigenvalue weighted by Crippen LogP contribution is 2.30. The van der Waals surface area contributed by atoms with E-state index in [2.05, 4.69) is 5.32 Å². The first kappa shape index (κ1) is 13.9. The standard InChI is InChI=1S/C14H20N2O3S/c1-19-12-5-2-6-13(8-12)20(17,18)16-9-11-4-3-7-15-14(11)10-16/h2,5-6,8,11,14-15H,3-4,7,9-10H2,1H3/t11-,14+/m0/s1. The Balaban J connectivity index is 1.85. The maximum absolute atomic E-state index is 12.7. The Labute approximate surface area is 120 Å². The van der Waals surface area contributed by atoms with Gasteiger partial charge in [-0.2, -0.15) is 4.31 Å². The van der Waals surface area contributed by atoms with Gasteiger partial charge in [-0.15, -0.1) is 0 Å². The van der Waals surface area contributed by atoms with Gasteiger partial charge in [-0.05, 0) is 37.4 Å². The first-order valence-corrected chi connectivity index (χ1v) is 8.43. The number of ether oxygens (including phenoxy) is 1. The Bertz CT molecular complexity index is 574. The van der Waals surface area contributed by atoms with E-state index in [4.69, 9.17) is 4.74 Å². The largest absolute Gasteiger partial charge is 0.497 e. The highest BCUT2D eigenvalue weighted by molar-refractivity contribution is 7.89. The molecule has 2 fully saturated rings. The lowest BCUT2D eigenvalue weighted by molar-refractivity contribution is 0.339. The second-order valence-electron chi connectivity index (χ2n) is 5.46. The molecule has 0 unspecified atom stereocenters. The topological polar surface area (TPSA) is 58.6 Å². The van der Waals surface area contributed by atoms with Crippen molar-refractivity contribution in [3.63, 3.8) is 0 Å². The van der Waals surface area contributed by atoms with E-state index in [1.165, 1.54) is 0 Å². The zero-order chi connectivity index (χ0) is 14.2. The third-order valence-electron chi connectivity index (χ3n) is 4.24. The maximum Gasteiger partial charge on any atom is 0.243 e. The van der Waals surface area contributed by atoms with Crippen LogP contribution in [-0.2, 0) is 10.0 Å². The molecule has 1 aromatic carbocycles. The van der Waals surface area contributed by atoms with Gasteiger partial charge in [0.1, 0.15) is 5.75 Å². The van der Waals surface area contributed by atoms with E-state index < -0.39 is 10.0 Å². The zero-order valence-corrected chi connectivity index (χ0v) is 12.4. The van der Waals surface area contributed by atoms with Crippen molar-refractivity contribution in [3.8, 4) is 5.75 Å². The van der Waals surface area contributed by atoms with Crippen LogP contribution in [0.5, 0.6) is 5.75 Å². The van der Waals surface area contributed by atoms with Crippen molar-refractivity contribution in [1.82, 2.24) is 9.62 Å². The van der Waals surface area contributed by atoms with Gasteiger partial charge in [-0.3, -0.25) is 0 Å². The molecule has 0 bridgehead atoms. The molecular formula is C14H20N2O3S. The smallest absolute Gasteiger partial charge is 0.243 e. The lowest BCUT2D eigenvalue weighted by atomic mass is 9.94. The van der Waals surface area contributed by atoms with Gasteiger partial charge in [0.25, 0.3) is 0 Å². The maximum atomic E-state index is 12.7. The molecule has 3 rings (SSSR count). The normalized spacial score (nSPS) is 27.2. The Morgan fingerprint density at radius 2 is 2.20 bits per heavy atom. The van der Waals surface area contributed by atoms with Crippen LogP contribution in [0.25, 0.3) is 0 Å². The quantitative estimate of drug-likeness (QED) is 0.906. The van der Waals surface area contributed by atoms with Crippen LogP contribution in [-0.4, -0.2) is 45.5 Å². The van der Waals surface area contributed by atoms with E-state index in [9.17, 15) is 8.42 Å². The second-order valence-corrected chi connectivity index (χ2v) is 7.40. The number of benzene rings is 1. The summed E-state index contributed by atoms with van der Waals surface area (Å²) in [5.41, 5.74) is 0. The highest BCUT2D eigenvalue weighted by atomic mass is 32.2. The van der Waals surface area contributed by atoms with Crippen molar-refractivity contribution >= 4 is 10.0 Å². The van der Waals surface area contributed by atoms with Gasteiger partial charge in [0, 0.05) is 25.2 Å². The summed E-state index contributed by atoms with van der Waals surface area (Å²) in [4.78, 5) is 0.315. The molecule has 6 heteroatoms. The van der Waals surface area contributed by atoms with Crippen molar-refractivity contribution in [2.45, 2.75) is 23.8 Å². The van der Waals surface area contributed by atoms with E-state index in [1.54, 1.807) is 35.7 Å². The molecule has 0 aliphatic carbocycles. The third-order valence-corrected chi connectivity index (χ3v) is 6.07. The second kappa shape index (κ2) is 5.35. The third kappa shape index (κ3) is 2.43. The van der Waals surface area contributed by atoms with Crippen LogP contribution in [0.1, 0.15) is 12.8 Å². The summed E-state index contributed by atoms with van der Waals surface area (Å²) in [5, 5.41) is 3.43. The minimum Gasteiger partial charge on any atom is -0.497 e. The first-order chi connectivity index (χ1) is 9.61. The number of hydrogen-bond donors (Lipinski definition) is 1. The molecule has 2 aliphatic heterocycles. The Kier molecular flexibility index (Phi) is 3.70. The molecule has 2 atom stereocenters. The molecule has 1 aromatic rings. The van der Waals surface area contributed by atoms with Crippen LogP contribution < -0.4 is 10.1 Å². The SMILES string of the molecule is COc1cccc(S(=O)(=O)N2C[C@@H]3CCCN[C@@H]3C2)c1. The fourth-order valence-corrected chi connectivity index (χ4v) is 4.67. The van der Waals surface area contributed by atoms with Gasteiger partial charge in [-0.1, -0.05) is 6.07 Å². The number of rotatable bonds is 3. The van der Waals surface area contributed by atoms with Gasteiger partial charge in [-0.25, -0.2) is 8.42 Å². The Morgan fingerprint density at radius 1 is 1.35 bits per heavy atom. The molecule has 110 valence electrons. The molecule has 2 aliphatic rings. The zero-order valence-electron chi connectivity index (χ0n) is 11.6. The van der Waals surface area contributed by atoms with E-state index >= 15 is 0 Å². The Morgan fingerprint density at radius 3 is 2.95 bits per heavy atom. The minimum absolute atomic E-state index is 0.309. The monoisotopic (exact) mass is 296 g/mol. The lowest BCUT2D eigenvalue weighted by Gasteiger charge is -2.24. The molecule has 0 aromatic heterocycles. The van der Waals surface area contributed by atoms with Gasteiger partial charge in [0.2, 0.25) is 10.0 Å². The van der Waals surface area contributed by atoms with Gasteiger partial charge in [0.15, 0.2) is 0 Å². The number of nitrogens with one attached hydrogen (secondary N) is 1. The van der Waals surface area contributed by atoms with Crippen LogP contribution in [0, 0.1) is 5.92 Å². The summed E-state index contributed by atoms with van der Waals surface area (Å²) in [6, 6.07) is 7.00. The molecular weight excluding hydrogens is 276 g/mol. The molecule has 0 amide bonds. The molecule has 0 saturated carbocycles. The van der Waals surface area contributed by atoms with Crippen molar-refractivity contribution < 1.29 is 13.2 Å². The fourth-order valence-electron chi connectivity index (χ4n) is 3.11. The van der Waals surface area contributed by atoms with Crippen molar-refractivity contribution in [1.29, 1.82) is 0 Å². The molecule has 2 saturated heterocycles. The number of fused-ring (bicyclic) bond motifs is 1. The first-order valence-electron chi connectivity index (χ1n) is 6.99. The predicted octanol–water partition coefficient (Wildman–Crippen LogP) is 1.07. The van der Waals surface area contributed by atoms with E-state index in [0.717, 1.165) is 19.4 Å². The Hall–Kier alpha value is -1.11. The summed E-state index contributed by atoms with van der Waals surface area (Å²) >= 11 is 0. The molecule has 2 heterocycles. The molecule has 20 heavy (non-hydrogen) atoms. The molecule has 5 nitrogen and oxygen atoms in total. The predicted molar refractivity (Wildman–Crippen MR) is 76.3 cm³/mol. The van der Waals surface area contributed by atoms with Gasteiger partial charge in [0.05, 0.1) is 12.0 Å². The highest BCUT2D eigenvalue weighted by Gasteiger charge is 2.40. The minimum atomic E-state index is -3.42. The van der Waals surface area contributed by atoms with Crippen LogP contribution in [0.15, 0.2) is 29.2 Å². The van der Waals surface area contributed by atoms with Gasteiger partial charge >= 0.3 is 0 Å². The number of piperidine rings is 1. The van der Waals surface area contributed by atoms with Crippen LogP contribution in [0.2, 0.25) is 0 Å². The summed E-state index contributed by atoms with van der Waals surface area (Å²) in [5.74, 6) is 1.02. The molecule has 0 radical (unpaired) electrons. The number of hydrogen-bond acceptors (Lipinski definition) is 4. The summed E-state index contributed by atoms with van der Waals surface area (Å²) in [6.45, 7) is 2.19. The summed E-state index contributed by atoms with van der Waals surface area (Å²) in [6.07, 6.45) is 2.25. The van der Waals surface area contributed by atoms with Crippen molar-refractivity contribution in [2.75, 3.05) is 26.7 Å². The summed E-state index contributed by atoms with van der Waals surface area (Å²) < 4.78 is 32.1. The van der Waals surface area contributed by atoms with E-state index in [0.29, 0.717) is 35.7 Å². The van der Waals surface area contributed by atoms with E-state index in [-0.39, 0.29) is 0 Å². The summed E-state index contributed by atoms with van der Waals surface area (Å²) in [7, 11) is -1.87. The van der Waals surface area contributed by atoms with Crippen molar-refractivity contribution in [3.05, 3.63) is 24.3 Å². The van der Waals surface area contributed by atoms with Crippen molar-refractivity contribution in [2.24, 2.45) is 5.92 Å². The van der Waals surface area contributed by atoms with Gasteiger partial charge < -0.3 is 10.1 Å². The van der Waals surface area contributed by atoms with E-state index in [1.807, 2.05) is 0 Å². The molecule has 0 spiro atoms. The fraction of sp³-hybridized carbons (Fsp3) is 0.571. The number of methoxy groups -OCH3 is 1. The van der Waals surface area contributed by atoms with Crippen LogP contribution >= 0.6 is 0 Å². The van der Waals surface area contributed by atoms with Crippen LogP contribution in [0.3, 0.4) is 0 Å². The number of sulfonamides is 1.